The summed E-state index contributed by atoms with van der Waals surface area (Å²) >= 11 is 3.44. The van der Waals surface area contributed by atoms with Gasteiger partial charge in [0.05, 0.1) is 11.1 Å². The molecule has 17 heavy (non-hydrogen) atoms. The van der Waals surface area contributed by atoms with Crippen LogP contribution in [0.2, 0.25) is 0 Å². The predicted molar refractivity (Wildman–Crippen MR) is 71.5 cm³/mol. The zero-order valence-corrected chi connectivity index (χ0v) is 12.0. The molecule has 0 aromatic heterocycles. The molecule has 3 heteroatoms. The van der Waals surface area contributed by atoms with Gasteiger partial charge < -0.3 is 4.74 Å². The third-order valence-corrected chi connectivity index (χ3v) is 3.97. The van der Waals surface area contributed by atoms with E-state index in [2.05, 4.69) is 29.8 Å². The molecule has 1 aromatic carbocycles. The van der Waals surface area contributed by atoms with Crippen LogP contribution >= 0.6 is 15.9 Å². The fraction of sp³-hybridized carbons (Fsp3) is 0.500. The molecule has 1 aliphatic carbocycles. The van der Waals surface area contributed by atoms with E-state index in [-0.39, 0.29) is 17.1 Å². The number of carbonyl (C=O) groups is 1. The van der Waals surface area contributed by atoms with Gasteiger partial charge in [0.2, 0.25) is 0 Å². The Morgan fingerprint density at radius 3 is 2.65 bits per heavy atom. The Hall–Kier alpha value is -0.830. The van der Waals surface area contributed by atoms with E-state index >= 15 is 0 Å². The number of carbonyl (C=O) groups excluding carboxylic acids is 1. The Balaban J connectivity index is 2.18. The second-order valence-corrected chi connectivity index (χ2v) is 6.04. The third kappa shape index (κ3) is 2.54. The Labute approximate surface area is 110 Å². The van der Waals surface area contributed by atoms with Crippen LogP contribution in [0, 0.1) is 11.3 Å². The molecule has 0 saturated heterocycles. The van der Waals surface area contributed by atoms with Crippen molar-refractivity contribution in [2.24, 2.45) is 11.3 Å². The number of hydrogen-bond acceptors (Lipinski definition) is 2. The highest BCUT2D eigenvalue weighted by molar-refractivity contribution is 9.10. The van der Waals surface area contributed by atoms with Gasteiger partial charge in [-0.25, -0.2) is 0 Å². The number of halogens is 1. The van der Waals surface area contributed by atoms with Crippen molar-refractivity contribution < 1.29 is 9.53 Å². The molecule has 92 valence electrons. The summed E-state index contributed by atoms with van der Waals surface area (Å²) in [5.41, 5.74) is 0.957. The van der Waals surface area contributed by atoms with E-state index in [9.17, 15) is 4.79 Å². The number of rotatable bonds is 4. The van der Waals surface area contributed by atoms with Gasteiger partial charge in [0.1, 0.15) is 5.75 Å². The molecule has 0 radical (unpaired) electrons. The quantitative estimate of drug-likeness (QED) is 0.783. The molecule has 1 unspecified atom stereocenters. The summed E-state index contributed by atoms with van der Waals surface area (Å²) in [7, 11) is 0. The van der Waals surface area contributed by atoms with E-state index in [1.807, 2.05) is 25.1 Å². The summed E-state index contributed by atoms with van der Waals surface area (Å²) in [6, 6.07) is 5.57. The Morgan fingerprint density at radius 2 is 2.18 bits per heavy atom. The molecule has 1 aromatic rings. The minimum absolute atomic E-state index is 0.183. The van der Waals surface area contributed by atoms with Gasteiger partial charge >= 0.3 is 0 Å². The maximum Gasteiger partial charge on any atom is 0.166 e. The van der Waals surface area contributed by atoms with Gasteiger partial charge in [-0.1, -0.05) is 13.8 Å². The zero-order valence-electron chi connectivity index (χ0n) is 10.4. The molecule has 1 aliphatic rings. The average molecular weight is 297 g/mol. The van der Waals surface area contributed by atoms with Crippen LogP contribution in [-0.4, -0.2) is 12.4 Å². The zero-order chi connectivity index (χ0) is 12.6. The fourth-order valence-corrected chi connectivity index (χ4v) is 2.54. The van der Waals surface area contributed by atoms with E-state index in [1.54, 1.807) is 0 Å². The summed E-state index contributed by atoms with van der Waals surface area (Å²) < 4.78 is 6.28. The van der Waals surface area contributed by atoms with Crippen LogP contribution in [-0.2, 0) is 0 Å². The van der Waals surface area contributed by atoms with Crippen molar-refractivity contribution >= 4 is 21.7 Å². The smallest absolute Gasteiger partial charge is 0.166 e. The molecule has 2 rings (SSSR count). The van der Waals surface area contributed by atoms with Crippen LogP contribution in [0.3, 0.4) is 0 Å². The molecule has 0 heterocycles. The summed E-state index contributed by atoms with van der Waals surface area (Å²) in [6.07, 6.45) is 0.997. The van der Waals surface area contributed by atoms with Gasteiger partial charge in [0.15, 0.2) is 5.78 Å². The maximum absolute atomic E-state index is 12.2. The highest BCUT2D eigenvalue weighted by Gasteiger charge is 2.50. The van der Waals surface area contributed by atoms with E-state index < -0.39 is 0 Å². The molecule has 0 spiro atoms. The lowest BCUT2D eigenvalue weighted by Gasteiger charge is -2.08. The predicted octanol–water partition coefficient (Wildman–Crippen LogP) is 4.08. The van der Waals surface area contributed by atoms with Crippen LogP contribution < -0.4 is 4.74 Å². The molecule has 2 nitrogen and oxygen atoms in total. The van der Waals surface area contributed by atoms with Crippen molar-refractivity contribution in [1.29, 1.82) is 0 Å². The topological polar surface area (TPSA) is 26.3 Å². The van der Waals surface area contributed by atoms with Gasteiger partial charge in [0, 0.05) is 11.5 Å². The van der Waals surface area contributed by atoms with Gasteiger partial charge in [-0.3, -0.25) is 4.79 Å². The summed E-state index contributed by atoms with van der Waals surface area (Å²) in [5, 5.41) is 0. The van der Waals surface area contributed by atoms with Gasteiger partial charge in [0.25, 0.3) is 0 Å². The summed E-state index contributed by atoms with van der Waals surface area (Å²) in [4.78, 5) is 12.2. The number of ketones is 1. The highest BCUT2D eigenvalue weighted by atomic mass is 79.9. The van der Waals surface area contributed by atoms with Crippen LogP contribution in [0.25, 0.3) is 0 Å². The molecule has 0 aliphatic heterocycles. The van der Waals surface area contributed by atoms with Crippen LogP contribution in [0.1, 0.15) is 37.6 Å². The van der Waals surface area contributed by atoms with Crippen molar-refractivity contribution in [3.8, 4) is 5.75 Å². The lowest BCUT2D eigenvalue weighted by molar-refractivity contribution is 0.0953. The van der Waals surface area contributed by atoms with Crippen LogP contribution in [0.5, 0.6) is 5.75 Å². The number of hydrogen-bond donors (Lipinski definition) is 0. The van der Waals surface area contributed by atoms with Crippen molar-refractivity contribution in [1.82, 2.24) is 0 Å². The molecule has 0 amide bonds. The molecular weight excluding hydrogens is 280 g/mol. The SMILES string of the molecule is CCOc1ccc(C(=O)C2CC2(C)C)cc1Br. The monoisotopic (exact) mass is 296 g/mol. The molecule has 0 N–H and O–H groups in total. The van der Waals surface area contributed by atoms with Gasteiger partial charge in [-0.05, 0) is 52.9 Å². The first kappa shape index (κ1) is 12.6. The van der Waals surface area contributed by atoms with E-state index in [0.29, 0.717) is 6.61 Å². The lowest BCUT2D eigenvalue weighted by Crippen LogP contribution is -2.06. The Bertz CT molecular complexity index is 452. The first-order valence-corrected chi connectivity index (χ1v) is 6.71. The first-order chi connectivity index (χ1) is 7.95. The van der Waals surface area contributed by atoms with Gasteiger partial charge in [-0.2, -0.15) is 0 Å². The Kier molecular flexibility index (Phi) is 3.30. The van der Waals surface area contributed by atoms with E-state index in [1.165, 1.54) is 0 Å². The standard InChI is InChI=1S/C14H17BrO2/c1-4-17-12-6-5-9(7-11(12)15)13(16)10-8-14(10,2)3/h5-7,10H,4,8H2,1-3H3. The van der Waals surface area contributed by atoms with Crippen molar-refractivity contribution in [2.75, 3.05) is 6.61 Å². The lowest BCUT2D eigenvalue weighted by atomic mass is 10.0. The highest BCUT2D eigenvalue weighted by Crippen LogP contribution is 2.53. The minimum Gasteiger partial charge on any atom is -0.493 e. The number of Topliss-reactive ketones (excluding diaryl/α,β-unsaturated/α-hetero) is 1. The second kappa shape index (κ2) is 4.45. The molecule has 1 saturated carbocycles. The first-order valence-electron chi connectivity index (χ1n) is 5.92. The third-order valence-electron chi connectivity index (χ3n) is 3.35. The largest absolute Gasteiger partial charge is 0.493 e. The maximum atomic E-state index is 12.2. The average Bonchev–Trinajstić information content (AvgIpc) is 2.90. The van der Waals surface area contributed by atoms with Crippen LogP contribution in [0.4, 0.5) is 0 Å². The minimum atomic E-state index is 0.183. The fourth-order valence-electron chi connectivity index (χ4n) is 2.04. The summed E-state index contributed by atoms with van der Waals surface area (Å²) in [6.45, 7) is 6.85. The van der Waals surface area contributed by atoms with Crippen molar-refractivity contribution in [3.05, 3.63) is 28.2 Å². The number of ether oxygens (including phenoxy) is 1. The van der Waals surface area contributed by atoms with Gasteiger partial charge in [-0.15, -0.1) is 0 Å². The summed E-state index contributed by atoms with van der Waals surface area (Å²) in [5.74, 6) is 1.23. The van der Waals surface area contributed by atoms with Crippen LogP contribution in [0.15, 0.2) is 22.7 Å². The molecule has 1 atom stereocenters. The van der Waals surface area contributed by atoms with Crippen molar-refractivity contribution in [2.45, 2.75) is 27.2 Å². The Morgan fingerprint density at radius 1 is 1.53 bits per heavy atom. The van der Waals surface area contributed by atoms with E-state index in [4.69, 9.17) is 4.74 Å². The second-order valence-electron chi connectivity index (χ2n) is 5.19. The number of benzene rings is 1. The molecular formula is C14H17BrO2. The van der Waals surface area contributed by atoms with E-state index in [0.717, 1.165) is 22.2 Å². The van der Waals surface area contributed by atoms with Crippen molar-refractivity contribution in [3.63, 3.8) is 0 Å². The molecule has 1 fully saturated rings. The normalized spacial score (nSPS) is 21.1. The molecule has 0 bridgehead atoms.